The molecular formula is C14H17ClN2O3. The lowest BCUT2D eigenvalue weighted by Gasteiger charge is -2.19. The van der Waals surface area contributed by atoms with Gasteiger partial charge in [0.15, 0.2) is 0 Å². The molecule has 1 aromatic rings. The fourth-order valence-corrected chi connectivity index (χ4v) is 2.18. The van der Waals surface area contributed by atoms with Gasteiger partial charge in [0.1, 0.15) is 5.75 Å². The van der Waals surface area contributed by atoms with Crippen LogP contribution in [-0.2, 0) is 9.59 Å². The first-order chi connectivity index (χ1) is 9.66. The van der Waals surface area contributed by atoms with Crippen LogP contribution < -0.4 is 10.1 Å². The van der Waals surface area contributed by atoms with Gasteiger partial charge in [-0.3, -0.25) is 9.59 Å². The SMILES string of the molecule is O=C1CN(C(=O)CCOc2ccccc2Cl)CCCN1. The summed E-state index contributed by atoms with van der Waals surface area (Å²) in [6.45, 7) is 1.61. The summed E-state index contributed by atoms with van der Waals surface area (Å²) in [7, 11) is 0. The molecule has 108 valence electrons. The van der Waals surface area contributed by atoms with Crippen molar-refractivity contribution in [2.24, 2.45) is 0 Å². The second kappa shape index (κ2) is 7.14. The average Bonchev–Trinajstić information content (AvgIpc) is 2.65. The topological polar surface area (TPSA) is 58.6 Å². The fraction of sp³-hybridized carbons (Fsp3) is 0.429. The molecule has 5 nitrogen and oxygen atoms in total. The van der Waals surface area contributed by atoms with Crippen LogP contribution in [-0.4, -0.2) is 43.0 Å². The van der Waals surface area contributed by atoms with Crippen LogP contribution in [0.1, 0.15) is 12.8 Å². The Bertz CT molecular complexity index is 493. The van der Waals surface area contributed by atoms with Crippen molar-refractivity contribution < 1.29 is 14.3 Å². The Hall–Kier alpha value is -1.75. The molecule has 1 aliphatic rings. The fourth-order valence-electron chi connectivity index (χ4n) is 1.99. The van der Waals surface area contributed by atoms with Crippen LogP contribution >= 0.6 is 11.6 Å². The smallest absolute Gasteiger partial charge is 0.239 e. The summed E-state index contributed by atoms with van der Waals surface area (Å²) in [6.07, 6.45) is 1.02. The van der Waals surface area contributed by atoms with Gasteiger partial charge in [-0.1, -0.05) is 23.7 Å². The second-order valence-electron chi connectivity index (χ2n) is 4.55. The van der Waals surface area contributed by atoms with Gasteiger partial charge in [-0.2, -0.15) is 0 Å². The molecule has 0 atom stereocenters. The van der Waals surface area contributed by atoms with E-state index in [-0.39, 0.29) is 31.4 Å². The lowest BCUT2D eigenvalue weighted by Crippen LogP contribution is -2.37. The van der Waals surface area contributed by atoms with E-state index in [0.717, 1.165) is 6.42 Å². The Kier molecular flexibility index (Phi) is 5.24. The largest absolute Gasteiger partial charge is 0.491 e. The van der Waals surface area contributed by atoms with Gasteiger partial charge >= 0.3 is 0 Å². The summed E-state index contributed by atoms with van der Waals surface area (Å²) in [5, 5.41) is 3.26. The predicted molar refractivity (Wildman–Crippen MR) is 75.8 cm³/mol. The highest BCUT2D eigenvalue weighted by Gasteiger charge is 2.19. The summed E-state index contributed by atoms with van der Waals surface area (Å²) in [5.74, 6) is 0.382. The van der Waals surface area contributed by atoms with E-state index < -0.39 is 0 Å². The van der Waals surface area contributed by atoms with Crippen LogP contribution in [0.15, 0.2) is 24.3 Å². The molecule has 1 N–H and O–H groups in total. The number of ether oxygens (including phenoxy) is 1. The molecule has 1 aromatic carbocycles. The molecule has 1 fully saturated rings. The second-order valence-corrected chi connectivity index (χ2v) is 4.95. The van der Waals surface area contributed by atoms with E-state index in [9.17, 15) is 9.59 Å². The molecule has 2 rings (SSSR count). The number of nitrogens with one attached hydrogen (secondary N) is 1. The zero-order valence-electron chi connectivity index (χ0n) is 11.1. The quantitative estimate of drug-likeness (QED) is 0.915. The average molecular weight is 297 g/mol. The molecule has 1 saturated heterocycles. The van der Waals surface area contributed by atoms with Crippen LogP contribution in [0.3, 0.4) is 0 Å². The van der Waals surface area contributed by atoms with Crippen molar-refractivity contribution in [3.05, 3.63) is 29.3 Å². The van der Waals surface area contributed by atoms with Crippen LogP contribution in [0.25, 0.3) is 0 Å². The Morgan fingerprint density at radius 3 is 3.00 bits per heavy atom. The van der Waals surface area contributed by atoms with Crippen molar-refractivity contribution in [3.63, 3.8) is 0 Å². The highest BCUT2D eigenvalue weighted by molar-refractivity contribution is 6.32. The third-order valence-corrected chi connectivity index (χ3v) is 3.34. The van der Waals surface area contributed by atoms with Gasteiger partial charge < -0.3 is 15.0 Å². The summed E-state index contributed by atoms with van der Waals surface area (Å²) >= 11 is 5.96. The molecule has 0 radical (unpaired) electrons. The summed E-state index contributed by atoms with van der Waals surface area (Å²) in [6, 6.07) is 7.13. The van der Waals surface area contributed by atoms with Crippen molar-refractivity contribution in [3.8, 4) is 5.75 Å². The first kappa shape index (κ1) is 14.7. The normalized spacial score (nSPS) is 15.4. The molecule has 2 amide bonds. The van der Waals surface area contributed by atoms with E-state index in [1.165, 1.54) is 0 Å². The van der Waals surface area contributed by atoms with E-state index in [2.05, 4.69) is 5.32 Å². The molecule has 6 heteroatoms. The van der Waals surface area contributed by atoms with E-state index in [1.54, 1.807) is 17.0 Å². The zero-order chi connectivity index (χ0) is 14.4. The number of nitrogens with zero attached hydrogens (tertiary/aromatic N) is 1. The first-order valence-electron chi connectivity index (χ1n) is 6.58. The number of amides is 2. The number of hydrogen-bond donors (Lipinski definition) is 1. The van der Waals surface area contributed by atoms with Gasteiger partial charge in [0.05, 0.1) is 24.6 Å². The van der Waals surface area contributed by atoms with Crippen molar-refractivity contribution in [1.82, 2.24) is 10.2 Å². The van der Waals surface area contributed by atoms with Crippen LogP contribution in [0, 0.1) is 0 Å². The Morgan fingerprint density at radius 2 is 2.20 bits per heavy atom. The van der Waals surface area contributed by atoms with Gasteiger partial charge in [0, 0.05) is 13.1 Å². The molecule has 0 saturated carbocycles. The lowest BCUT2D eigenvalue weighted by molar-refractivity contribution is -0.135. The summed E-state index contributed by atoms with van der Waals surface area (Å²) in [5.41, 5.74) is 0. The number of hydrogen-bond acceptors (Lipinski definition) is 3. The van der Waals surface area contributed by atoms with Gasteiger partial charge in [0.25, 0.3) is 0 Å². The third-order valence-electron chi connectivity index (χ3n) is 3.02. The molecule has 1 heterocycles. The van der Waals surface area contributed by atoms with Crippen LogP contribution in [0.2, 0.25) is 5.02 Å². The number of halogens is 1. The maximum Gasteiger partial charge on any atom is 0.239 e. The minimum Gasteiger partial charge on any atom is -0.491 e. The number of rotatable bonds is 4. The monoisotopic (exact) mass is 296 g/mol. The minimum absolute atomic E-state index is 0.0749. The number of para-hydroxylation sites is 1. The molecule has 0 unspecified atom stereocenters. The Labute approximate surface area is 122 Å². The lowest BCUT2D eigenvalue weighted by atomic mass is 10.3. The maximum absolute atomic E-state index is 12.0. The molecule has 0 aromatic heterocycles. The molecule has 1 aliphatic heterocycles. The highest BCUT2D eigenvalue weighted by atomic mass is 35.5. The number of carbonyl (C=O) groups is 2. The number of carbonyl (C=O) groups excluding carboxylic acids is 2. The third kappa shape index (κ3) is 4.13. The first-order valence-corrected chi connectivity index (χ1v) is 6.96. The highest BCUT2D eigenvalue weighted by Crippen LogP contribution is 2.23. The van der Waals surface area contributed by atoms with Gasteiger partial charge in [-0.15, -0.1) is 0 Å². The predicted octanol–water partition coefficient (Wildman–Crippen LogP) is 1.46. The van der Waals surface area contributed by atoms with Crippen LogP contribution in [0.4, 0.5) is 0 Å². The van der Waals surface area contributed by atoms with E-state index in [0.29, 0.717) is 23.9 Å². The van der Waals surface area contributed by atoms with Crippen molar-refractivity contribution >= 4 is 23.4 Å². The van der Waals surface area contributed by atoms with E-state index >= 15 is 0 Å². The van der Waals surface area contributed by atoms with Crippen molar-refractivity contribution in [2.75, 3.05) is 26.2 Å². The Balaban J connectivity index is 1.80. The minimum atomic E-state index is -0.108. The molecule has 20 heavy (non-hydrogen) atoms. The van der Waals surface area contributed by atoms with Gasteiger partial charge in [-0.05, 0) is 18.6 Å². The van der Waals surface area contributed by atoms with Gasteiger partial charge in [-0.25, -0.2) is 0 Å². The number of benzene rings is 1. The summed E-state index contributed by atoms with van der Waals surface area (Å²) in [4.78, 5) is 25.0. The van der Waals surface area contributed by atoms with Crippen molar-refractivity contribution in [1.29, 1.82) is 0 Å². The standard InChI is InChI=1S/C14H17ClN2O3/c15-11-4-1-2-5-12(11)20-9-6-14(19)17-8-3-7-16-13(18)10-17/h1-2,4-5H,3,6-10H2,(H,16,18). The summed E-state index contributed by atoms with van der Waals surface area (Å²) < 4.78 is 5.48. The van der Waals surface area contributed by atoms with E-state index in [4.69, 9.17) is 16.3 Å². The molecule has 0 bridgehead atoms. The molecule has 0 spiro atoms. The molecule has 0 aliphatic carbocycles. The van der Waals surface area contributed by atoms with E-state index in [1.807, 2.05) is 12.1 Å². The van der Waals surface area contributed by atoms with Crippen molar-refractivity contribution in [2.45, 2.75) is 12.8 Å². The molecular weight excluding hydrogens is 280 g/mol. The van der Waals surface area contributed by atoms with Crippen LogP contribution in [0.5, 0.6) is 5.75 Å². The zero-order valence-corrected chi connectivity index (χ0v) is 11.9. The maximum atomic E-state index is 12.0. The van der Waals surface area contributed by atoms with Gasteiger partial charge in [0.2, 0.25) is 11.8 Å². The Morgan fingerprint density at radius 1 is 1.40 bits per heavy atom.